The molecule has 2 aliphatic heterocycles. The SMILES string of the molecule is COCCCN1CCOc2ccc(CO[C@H]3CNC[C@@H](O)C3C3=CC(C)C(CC(C)C)C=C3)cc21. The molecule has 2 N–H and O–H groups in total. The molecule has 0 radical (unpaired) electrons. The highest BCUT2D eigenvalue weighted by atomic mass is 16.5. The summed E-state index contributed by atoms with van der Waals surface area (Å²) in [4.78, 5) is 2.38. The van der Waals surface area contributed by atoms with Crippen LogP contribution >= 0.6 is 0 Å². The highest BCUT2D eigenvalue weighted by Gasteiger charge is 2.36. The fraction of sp³-hybridized carbons (Fsp3) is 0.655. The lowest BCUT2D eigenvalue weighted by atomic mass is 9.76. The van der Waals surface area contributed by atoms with Gasteiger partial charge in [0.05, 0.1) is 31.0 Å². The third-order valence-corrected chi connectivity index (χ3v) is 7.53. The molecule has 35 heavy (non-hydrogen) atoms. The Bertz CT molecular complexity index is 883. The standard InChI is InChI=1S/C29H44N2O4/c1-20(2)14-23-7-8-24(15-21(23)3)29-26(32)17-30-18-28(29)35-19-22-6-9-27-25(16-22)31(11-13-34-27)10-5-12-33-4/h6-9,15-16,20-21,23,26,28-30,32H,5,10-14,17-19H2,1-4H3/t21?,23?,26-,28+,29?/m1/s1. The lowest BCUT2D eigenvalue weighted by Gasteiger charge is -2.38. The molecule has 1 saturated heterocycles. The van der Waals surface area contributed by atoms with Gasteiger partial charge in [-0.05, 0) is 53.9 Å². The quantitative estimate of drug-likeness (QED) is 0.486. The van der Waals surface area contributed by atoms with Crippen LogP contribution in [0.4, 0.5) is 5.69 Å². The van der Waals surface area contributed by atoms with Gasteiger partial charge in [0.15, 0.2) is 0 Å². The number of nitrogens with zero attached hydrogens (tertiary/aromatic N) is 1. The Hall–Kier alpha value is -1.86. The summed E-state index contributed by atoms with van der Waals surface area (Å²) in [5.41, 5.74) is 3.48. The van der Waals surface area contributed by atoms with E-state index in [1.165, 1.54) is 12.0 Å². The molecular formula is C29H44N2O4. The van der Waals surface area contributed by atoms with Crippen LogP contribution in [0.15, 0.2) is 42.0 Å². The maximum atomic E-state index is 10.9. The molecule has 3 aliphatic rings. The van der Waals surface area contributed by atoms with Crippen LogP contribution in [0.5, 0.6) is 5.75 Å². The van der Waals surface area contributed by atoms with E-state index < -0.39 is 6.10 Å². The number of piperidine rings is 1. The number of hydrogen-bond donors (Lipinski definition) is 2. The monoisotopic (exact) mass is 484 g/mol. The molecule has 0 bridgehead atoms. The van der Waals surface area contributed by atoms with Gasteiger partial charge in [-0.15, -0.1) is 0 Å². The average molecular weight is 485 g/mol. The fourth-order valence-corrected chi connectivity index (χ4v) is 5.67. The van der Waals surface area contributed by atoms with Crippen molar-refractivity contribution >= 4 is 5.69 Å². The summed E-state index contributed by atoms with van der Waals surface area (Å²) in [6.07, 6.45) is 8.63. The first kappa shape index (κ1) is 26.2. The second-order valence-corrected chi connectivity index (χ2v) is 10.8. The lowest BCUT2D eigenvalue weighted by Crippen LogP contribution is -2.51. The Morgan fingerprint density at radius 1 is 1.26 bits per heavy atom. The van der Waals surface area contributed by atoms with Crippen LogP contribution in [-0.4, -0.2) is 63.8 Å². The minimum atomic E-state index is -0.452. The lowest BCUT2D eigenvalue weighted by molar-refractivity contribution is -0.0478. The molecule has 1 aromatic rings. The first-order valence-corrected chi connectivity index (χ1v) is 13.4. The predicted octanol–water partition coefficient (Wildman–Crippen LogP) is 4.18. The van der Waals surface area contributed by atoms with Crippen molar-refractivity contribution in [3.8, 4) is 5.75 Å². The van der Waals surface area contributed by atoms with Gasteiger partial charge < -0.3 is 29.5 Å². The van der Waals surface area contributed by atoms with Gasteiger partial charge in [-0.1, -0.05) is 45.1 Å². The van der Waals surface area contributed by atoms with E-state index in [0.717, 1.165) is 49.7 Å². The zero-order valence-corrected chi connectivity index (χ0v) is 21.9. The molecule has 1 aromatic carbocycles. The Balaban J connectivity index is 1.43. The molecular weight excluding hydrogens is 440 g/mol. The number of ether oxygens (including phenoxy) is 3. The minimum absolute atomic E-state index is 0.0125. The minimum Gasteiger partial charge on any atom is -0.490 e. The Kier molecular flexibility index (Phi) is 9.28. The van der Waals surface area contributed by atoms with E-state index in [0.29, 0.717) is 37.5 Å². The highest BCUT2D eigenvalue weighted by molar-refractivity contribution is 5.61. The van der Waals surface area contributed by atoms with Crippen molar-refractivity contribution in [2.24, 2.45) is 23.7 Å². The number of anilines is 1. The van der Waals surface area contributed by atoms with Crippen LogP contribution in [-0.2, 0) is 16.1 Å². The largest absolute Gasteiger partial charge is 0.490 e. The number of aliphatic hydroxyl groups excluding tert-OH is 1. The van der Waals surface area contributed by atoms with E-state index in [4.69, 9.17) is 14.2 Å². The van der Waals surface area contributed by atoms with Crippen LogP contribution in [0.3, 0.4) is 0 Å². The Morgan fingerprint density at radius 3 is 2.89 bits per heavy atom. The number of nitrogens with one attached hydrogen (secondary N) is 1. The van der Waals surface area contributed by atoms with Gasteiger partial charge in [0.2, 0.25) is 0 Å². The van der Waals surface area contributed by atoms with Crippen LogP contribution in [0.25, 0.3) is 0 Å². The predicted molar refractivity (Wildman–Crippen MR) is 141 cm³/mol. The van der Waals surface area contributed by atoms with Gasteiger partial charge >= 0.3 is 0 Å². The molecule has 0 saturated carbocycles. The first-order chi connectivity index (χ1) is 17.0. The molecule has 4 rings (SSSR count). The number of β-amino-alcohol motifs (C(OH)–C–C–N with tert-alkyl or cyclic N) is 1. The van der Waals surface area contributed by atoms with Crippen molar-refractivity contribution in [1.82, 2.24) is 5.32 Å². The van der Waals surface area contributed by atoms with E-state index in [9.17, 15) is 5.11 Å². The van der Waals surface area contributed by atoms with Gasteiger partial charge in [0, 0.05) is 39.3 Å². The van der Waals surface area contributed by atoms with E-state index in [-0.39, 0.29) is 12.0 Å². The molecule has 6 heteroatoms. The van der Waals surface area contributed by atoms with Crippen LogP contribution in [0.2, 0.25) is 0 Å². The van der Waals surface area contributed by atoms with Gasteiger partial charge in [-0.3, -0.25) is 0 Å². The van der Waals surface area contributed by atoms with Crippen LogP contribution < -0.4 is 15.0 Å². The third-order valence-electron chi connectivity index (χ3n) is 7.53. The number of methoxy groups -OCH3 is 1. The van der Waals surface area contributed by atoms with E-state index in [1.54, 1.807) is 7.11 Å². The molecule has 3 unspecified atom stereocenters. The smallest absolute Gasteiger partial charge is 0.142 e. The number of benzene rings is 1. The van der Waals surface area contributed by atoms with Crippen LogP contribution in [0.1, 0.15) is 39.2 Å². The van der Waals surface area contributed by atoms with Crippen molar-refractivity contribution in [2.45, 2.75) is 52.4 Å². The molecule has 2 heterocycles. The molecule has 194 valence electrons. The van der Waals surface area contributed by atoms with Gasteiger partial charge in [0.1, 0.15) is 12.4 Å². The van der Waals surface area contributed by atoms with Gasteiger partial charge in [0.25, 0.3) is 0 Å². The normalized spacial score (nSPS) is 28.6. The van der Waals surface area contributed by atoms with E-state index in [1.807, 2.05) is 0 Å². The van der Waals surface area contributed by atoms with Crippen molar-refractivity contribution in [3.63, 3.8) is 0 Å². The maximum absolute atomic E-state index is 10.9. The van der Waals surface area contributed by atoms with Crippen molar-refractivity contribution < 1.29 is 19.3 Å². The number of allylic oxidation sites excluding steroid dienone is 3. The number of aliphatic hydroxyl groups is 1. The zero-order chi connectivity index (χ0) is 24.8. The zero-order valence-electron chi connectivity index (χ0n) is 21.9. The first-order valence-electron chi connectivity index (χ1n) is 13.4. The summed E-state index contributed by atoms with van der Waals surface area (Å²) in [6, 6.07) is 6.35. The summed E-state index contributed by atoms with van der Waals surface area (Å²) < 4.78 is 17.6. The van der Waals surface area contributed by atoms with Gasteiger partial charge in [-0.25, -0.2) is 0 Å². The molecule has 1 fully saturated rings. The summed E-state index contributed by atoms with van der Waals surface area (Å²) in [5, 5.41) is 14.3. The number of fused-ring (bicyclic) bond motifs is 1. The average Bonchev–Trinajstić information content (AvgIpc) is 2.84. The summed E-state index contributed by atoms with van der Waals surface area (Å²) in [5.74, 6) is 2.65. The molecule has 6 nitrogen and oxygen atoms in total. The van der Waals surface area contributed by atoms with E-state index >= 15 is 0 Å². The van der Waals surface area contributed by atoms with Crippen molar-refractivity contribution in [3.05, 3.63) is 47.6 Å². The fourth-order valence-electron chi connectivity index (χ4n) is 5.67. The second kappa shape index (κ2) is 12.4. The van der Waals surface area contributed by atoms with E-state index in [2.05, 4.69) is 67.4 Å². The maximum Gasteiger partial charge on any atom is 0.142 e. The van der Waals surface area contributed by atoms with Crippen molar-refractivity contribution in [2.75, 3.05) is 51.4 Å². The number of hydrogen-bond acceptors (Lipinski definition) is 6. The topological polar surface area (TPSA) is 63.2 Å². The van der Waals surface area contributed by atoms with Crippen molar-refractivity contribution in [1.29, 1.82) is 0 Å². The summed E-state index contributed by atoms with van der Waals surface area (Å²) >= 11 is 0. The Morgan fingerprint density at radius 2 is 2.11 bits per heavy atom. The molecule has 5 atom stereocenters. The third kappa shape index (κ3) is 6.67. The Labute approximate surface area is 211 Å². The highest BCUT2D eigenvalue weighted by Crippen LogP contribution is 2.36. The number of rotatable bonds is 10. The molecule has 0 amide bonds. The summed E-state index contributed by atoms with van der Waals surface area (Å²) in [6.45, 7) is 12.0. The van der Waals surface area contributed by atoms with Gasteiger partial charge in [-0.2, -0.15) is 0 Å². The second-order valence-electron chi connectivity index (χ2n) is 10.8. The molecule has 0 spiro atoms. The summed E-state index contributed by atoms with van der Waals surface area (Å²) in [7, 11) is 1.75. The van der Waals surface area contributed by atoms with Crippen LogP contribution in [0, 0.1) is 23.7 Å². The molecule has 0 aromatic heterocycles. The molecule has 1 aliphatic carbocycles.